The van der Waals surface area contributed by atoms with Crippen molar-refractivity contribution < 1.29 is 4.74 Å². The zero-order chi connectivity index (χ0) is 18.0. The highest BCUT2D eigenvalue weighted by Gasteiger charge is 2.13. The smallest absolute Gasteiger partial charge is 0.116 e. The minimum atomic E-state index is 0.462. The first kappa shape index (κ1) is 18.8. The fraction of sp³-hybridized carbons (Fsp3) is 0.364. The normalized spacial score (nSPS) is 14.5. The summed E-state index contributed by atoms with van der Waals surface area (Å²) in [5.74, 6) is 6.50. The molecule has 0 saturated heterocycles. The van der Waals surface area contributed by atoms with Gasteiger partial charge in [-0.1, -0.05) is 49.3 Å². The van der Waals surface area contributed by atoms with E-state index in [9.17, 15) is 0 Å². The van der Waals surface area contributed by atoms with Gasteiger partial charge in [-0.05, 0) is 55.1 Å². The topological polar surface area (TPSA) is 33.3 Å². The number of nitrogens with one attached hydrogen (secondary N) is 2. The Morgan fingerprint density at radius 2 is 1.85 bits per heavy atom. The molecular weight excluding hydrogens is 340 g/mol. The summed E-state index contributed by atoms with van der Waals surface area (Å²) < 4.78 is 8.80. The molecule has 0 spiro atoms. The van der Waals surface area contributed by atoms with Crippen LogP contribution in [0.2, 0.25) is 0 Å². The van der Waals surface area contributed by atoms with E-state index in [2.05, 4.69) is 40.1 Å². The highest BCUT2D eigenvalue weighted by Crippen LogP contribution is 2.26. The molecule has 1 aliphatic rings. The van der Waals surface area contributed by atoms with Crippen LogP contribution in [0.5, 0.6) is 0 Å². The minimum absolute atomic E-state index is 0.462. The van der Waals surface area contributed by atoms with E-state index < -0.39 is 0 Å². The highest BCUT2D eigenvalue weighted by molar-refractivity contribution is 7.97. The maximum Gasteiger partial charge on any atom is 0.116 e. The maximum absolute atomic E-state index is 5.18. The molecular formula is C22H26N2OS. The number of rotatable bonds is 6. The number of ether oxygens (including phenoxy) is 1. The van der Waals surface area contributed by atoms with Crippen molar-refractivity contribution in [1.29, 1.82) is 0 Å². The number of anilines is 1. The summed E-state index contributed by atoms with van der Waals surface area (Å²) in [6.07, 6.45) is 6.62. The molecule has 3 rings (SSSR count). The molecule has 2 aromatic rings. The van der Waals surface area contributed by atoms with E-state index >= 15 is 0 Å². The third kappa shape index (κ3) is 5.81. The molecule has 0 heterocycles. The SMILES string of the molecule is COCNc1cc(SNC2CCCCC2)ccc1C#Cc1ccccc1. The summed E-state index contributed by atoms with van der Waals surface area (Å²) in [5.41, 5.74) is 3.00. The molecule has 2 aromatic carbocycles. The Kier molecular flexibility index (Phi) is 7.45. The van der Waals surface area contributed by atoms with Gasteiger partial charge in [0.1, 0.15) is 6.73 Å². The van der Waals surface area contributed by atoms with Crippen LogP contribution in [0.1, 0.15) is 43.2 Å². The van der Waals surface area contributed by atoms with Crippen LogP contribution in [0.15, 0.2) is 53.4 Å². The van der Waals surface area contributed by atoms with Crippen molar-refractivity contribution in [2.24, 2.45) is 0 Å². The van der Waals surface area contributed by atoms with Crippen LogP contribution in [0.25, 0.3) is 0 Å². The lowest BCUT2D eigenvalue weighted by molar-refractivity contribution is 0.221. The fourth-order valence-electron chi connectivity index (χ4n) is 3.02. The third-order valence-corrected chi connectivity index (χ3v) is 5.40. The van der Waals surface area contributed by atoms with Gasteiger partial charge < -0.3 is 10.1 Å². The van der Waals surface area contributed by atoms with Crippen molar-refractivity contribution in [2.75, 3.05) is 19.2 Å². The molecule has 1 saturated carbocycles. The number of benzene rings is 2. The first-order valence-electron chi connectivity index (χ1n) is 9.21. The molecule has 0 aromatic heterocycles. The summed E-state index contributed by atoms with van der Waals surface area (Å²) in [7, 11) is 1.69. The van der Waals surface area contributed by atoms with Gasteiger partial charge in [0.05, 0.1) is 5.69 Å². The van der Waals surface area contributed by atoms with E-state index in [0.29, 0.717) is 12.8 Å². The van der Waals surface area contributed by atoms with Crippen LogP contribution < -0.4 is 10.0 Å². The second-order valence-corrected chi connectivity index (χ2v) is 7.40. The van der Waals surface area contributed by atoms with E-state index in [1.165, 1.54) is 37.0 Å². The number of hydrogen-bond donors (Lipinski definition) is 2. The third-order valence-electron chi connectivity index (χ3n) is 4.46. The van der Waals surface area contributed by atoms with Crippen molar-refractivity contribution in [3.63, 3.8) is 0 Å². The van der Waals surface area contributed by atoms with Crippen molar-refractivity contribution in [3.8, 4) is 11.8 Å². The van der Waals surface area contributed by atoms with Gasteiger partial charge in [0, 0.05) is 29.2 Å². The lowest BCUT2D eigenvalue weighted by Gasteiger charge is -2.22. The van der Waals surface area contributed by atoms with Crippen LogP contribution in [-0.4, -0.2) is 19.9 Å². The van der Waals surface area contributed by atoms with Gasteiger partial charge in [0.15, 0.2) is 0 Å². The van der Waals surface area contributed by atoms with E-state index in [0.717, 1.165) is 16.8 Å². The first-order chi connectivity index (χ1) is 12.8. The highest BCUT2D eigenvalue weighted by atomic mass is 32.2. The molecule has 0 amide bonds. The number of hydrogen-bond acceptors (Lipinski definition) is 4. The van der Waals surface area contributed by atoms with E-state index in [1.807, 2.05) is 30.3 Å². The Morgan fingerprint density at radius 1 is 1.04 bits per heavy atom. The van der Waals surface area contributed by atoms with Crippen LogP contribution >= 0.6 is 11.9 Å². The Morgan fingerprint density at radius 3 is 2.62 bits per heavy atom. The molecule has 4 heteroatoms. The molecule has 2 N–H and O–H groups in total. The average molecular weight is 367 g/mol. The van der Waals surface area contributed by atoms with Gasteiger partial charge in [-0.15, -0.1) is 0 Å². The van der Waals surface area contributed by atoms with Gasteiger partial charge >= 0.3 is 0 Å². The van der Waals surface area contributed by atoms with Crippen molar-refractivity contribution >= 4 is 17.6 Å². The molecule has 1 fully saturated rings. The summed E-state index contributed by atoms with van der Waals surface area (Å²) in [4.78, 5) is 1.19. The molecule has 0 bridgehead atoms. The van der Waals surface area contributed by atoms with Crippen LogP contribution in [-0.2, 0) is 4.74 Å². The standard InChI is InChI=1S/C22H26N2OS/c1-25-17-23-22-16-21(26-24-20-10-6-3-7-11-20)15-14-19(22)13-12-18-8-4-2-5-9-18/h2,4-5,8-9,14-16,20,23-24H,3,6-7,10-11,17H2,1H3. The summed E-state index contributed by atoms with van der Waals surface area (Å²) in [5, 5.41) is 3.31. The molecule has 1 aliphatic carbocycles. The van der Waals surface area contributed by atoms with Gasteiger partial charge in [0.2, 0.25) is 0 Å². The van der Waals surface area contributed by atoms with Crippen molar-refractivity contribution in [2.45, 2.75) is 43.0 Å². The van der Waals surface area contributed by atoms with Crippen molar-refractivity contribution in [3.05, 3.63) is 59.7 Å². The second-order valence-electron chi connectivity index (χ2n) is 6.49. The molecule has 0 aliphatic heterocycles. The van der Waals surface area contributed by atoms with Crippen LogP contribution in [0.4, 0.5) is 5.69 Å². The lowest BCUT2D eigenvalue weighted by Crippen LogP contribution is -2.25. The fourth-order valence-corrected chi connectivity index (χ4v) is 3.88. The number of methoxy groups -OCH3 is 1. The molecule has 0 unspecified atom stereocenters. The van der Waals surface area contributed by atoms with E-state index in [-0.39, 0.29) is 0 Å². The zero-order valence-electron chi connectivity index (χ0n) is 15.3. The van der Waals surface area contributed by atoms with Crippen molar-refractivity contribution in [1.82, 2.24) is 4.72 Å². The quantitative estimate of drug-likeness (QED) is 0.427. The van der Waals surface area contributed by atoms with E-state index in [4.69, 9.17) is 4.74 Å². The Bertz CT molecular complexity index is 746. The predicted molar refractivity (Wildman–Crippen MR) is 110 cm³/mol. The van der Waals surface area contributed by atoms with Crippen LogP contribution in [0, 0.1) is 11.8 Å². The molecule has 26 heavy (non-hydrogen) atoms. The summed E-state index contributed by atoms with van der Waals surface area (Å²) in [6, 6.07) is 17.0. The summed E-state index contributed by atoms with van der Waals surface area (Å²) in [6.45, 7) is 0.462. The monoisotopic (exact) mass is 366 g/mol. The van der Waals surface area contributed by atoms with Crippen LogP contribution in [0.3, 0.4) is 0 Å². The zero-order valence-corrected chi connectivity index (χ0v) is 16.1. The average Bonchev–Trinajstić information content (AvgIpc) is 2.71. The Hall–Kier alpha value is -1.93. The van der Waals surface area contributed by atoms with Gasteiger partial charge in [-0.3, -0.25) is 4.72 Å². The minimum Gasteiger partial charge on any atom is -0.365 e. The molecule has 3 nitrogen and oxygen atoms in total. The maximum atomic E-state index is 5.18. The summed E-state index contributed by atoms with van der Waals surface area (Å²) >= 11 is 1.72. The predicted octanol–water partition coefficient (Wildman–Crippen LogP) is 5.03. The van der Waals surface area contributed by atoms with Gasteiger partial charge in [-0.25, -0.2) is 0 Å². The lowest BCUT2D eigenvalue weighted by atomic mass is 9.96. The van der Waals surface area contributed by atoms with E-state index in [1.54, 1.807) is 19.1 Å². The molecule has 0 radical (unpaired) electrons. The van der Waals surface area contributed by atoms with Gasteiger partial charge in [-0.2, -0.15) is 0 Å². The van der Waals surface area contributed by atoms with Gasteiger partial charge in [0.25, 0.3) is 0 Å². The second kappa shape index (κ2) is 10.3. The first-order valence-corrected chi connectivity index (χ1v) is 10.0. The Balaban J connectivity index is 1.71. The molecule has 136 valence electrons. The largest absolute Gasteiger partial charge is 0.365 e. The molecule has 0 atom stereocenters. The Labute approximate surface area is 161 Å².